The van der Waals surface area contributed by atoms with Crippen molar-refractivity contribution in [3.63, 3.8) is 0 Å². The highest BCUT2D eigenvalue weighted by Crippen LogP contribution is 2.31. The first-order valence-electron chi connectivity index (χ1n) is 9.53. The summed E-state index contributed by atoms with van der Waals surface area (Å²) >= 11 is 1.56. The molecule has 8 heteroatoms. The van der Waals surface area contributed by atoms with E-state index in [9.17, 15) is 4.79 Å². The van der Waals surface area contributed by atoms with Gasteiger partial charge in [0.05, 0.1) is 11.8 Å². The number of nitrogens with zero attached hydrogens (tertiary/aromatic N) is 1. The van der Waals surface area contributed by atoms with Gasteiger partial charge in [0.25, 0.3) is 0 Å². The number of thioether (sulfide) groups is 1. The highest BCUT2D eigenvalue weighted by atomic mass is 32.2. The molecule has 1 fully saturated rings. The van der Waals surface area contributed by atoms with E-state index < -0.39 is 4.75 Å². The van der Waals surface area contributed by atoms with Crippen molar-refractivity contribution in [3.8, 4) is 5.88 Å². The number of anilines is 2. The molecule has 0 spiro atoms. The molecule has 0 saturated carbocycles. The minimum Gasteiger partial charge on any atom is -0.475 e. The number of nitrogens with one attached hydrogen (secondary N) is 3. The minimum absolute atomic E-state index is 0.0309. The van der Waals surface area contributed by atoms with Crippen LogP contribution in [0.25, 0.3) is 0 Å². The average molecular weight is 414 g/mol. The second kappa shape index (κ2) is 8.84. The molecule has 154 valence electrons. The highest BCUT2D eigenvalue weighted by Gasteiger charge is 2.40. The molecule has 0 aliphatic carbocycles. The van der Waals surface area contributed by atoms with Gasteiger partial charge < -0.3 is 21.1 Å². The average Bonchev–Trinajstić information content (AvgIpc) is 3.19. The van der Waals surface area contributed by atoms with E-state index in [1.807, 2.05) is 20.1 Å². The number of aromatic nitrogens is 1. The highest BCUT2D eigenvalue weighted by molar-refractivity contribution is 8.00. The van der Waals surface area contributed by atoms with Crippen molar-refractivity contribution in [1.82, 2.24) is 10.3 Å². The number of carbonyl (C=O) groups is 1. The summed E-state index contributed by atoms with van der Waals surface area (Å²) in [7, 11) is 0. The molecule has 3 rings (SSSR count). The normalized spacial score (nSPS) is 18.6. The fourth-order valence-corrected chi connectivity index (χ4v) is 4.01. The van der Waals surface area contributed by atoms with Crippen molar-refractivity contribution in [2.75, 3.05) is 30.4 Å². The number of nitrogens with two attached hydrogens (primary N) is 1. The fourth-order valence-electron chi connectivity index (χ4n) is 3.22. The van der Waals surface area contributed by atoms with Crippen LogP contribution in [-0.4, -0.2) is 46.8 Å². The molecule has 0 radical (unpaired) electrons. The number of hydrogen-bond donors (Lipinski definition) is 4. The predicted molar refractivity (Wildman–Crippen MR) is 119 cm³/mol. The van der Waals surface area contributed by atoms with Crippen LogP contribution >= 0.6 is 11.8 Å². The van der Waals surface area contributed by atoms with Crippen LogP contribution in [0.1, 0.15) is 31.4 Å². The Morgan fingerprint density at radius 3 is 2.76 bits per heavy atom. The summed E-state index contributed by atoms with van der Waals surface area (Å²) < 4.78 is 5.08. The SMILES string of the molecule is CS[C@@]1(C(=O)Nc2ccc(N)c(C(=N)c3ccc(OC(C)C)nc3)c2)CCNC1. The third-order valence-electron chi connectivity index (χ3n) is 4.88. The maximum absolute atomic E-state index is 12.8. The second-order valence-electron chi connectivity index (χ2n) is 7.31. The van der Waals surface area contributed by atoms with Crippen molar-refractivity contribution in [3.05, 3.63) is 47.7 Å². The molecule has 2 heterocycles. The Balaban J connectivity index is 1.79. The van der Waals surface area contributed by atoms with Crippen molar-refractivity contribution in [2.45, 2.75) is 31.1 Å². The van der Waals surface area contributed by atoms with E-state index in [0.29, 0.717) is 34.9 Å². The lowest BCUT2D eigenvalue weighted by Gasteiger charge is -2.24. The predicted octanol–water partition coefficient (Wildman–Crippen LogP) is 2.90. The van der Waals surface area contributed by atoms with Crippen LogP contribution in [0.3, 0.4) is 0 Å². The molecule has 29 heavy (non-hydrogen) atoms. The van der Waals surface area contributed by atoms with Gasteiger partial charge in [-0.2, -0.15) is 0 Å². The van der Waals surface area contributed by atoms with Gasteiger partial charge in [0, 0.05) is 41.3 Å². The molecule has 7 nitrogen and oxygen atoms in total. The zero-order valence-corrected chi connectivity index (χ0v) is 17.7. The monoisotopic (exact) mass is 413 g/mol. The molecule has 5 N–H and O–H groups in total. The quantitative estimate of drug-likeness (QED) is 0.410. The summed E-state index contributed by atoms with van der Waals surface area (Å²) in [6, 6.07) is 8.73. The largest absolute Gasteiger partial charge is 0.475 e. The summed E-state index contributed by atoms with van der Waals surface area (Å²) in [5.41, 5.74) is 8.62. The van der Waals surface area contributed by atoms with Gasteiger partial charge in [-0.05, 0) is 57.3 Å². The first kappa shape index (κ1) is 21.1. The summed E-state index contributed by atoms with van der Waals surface area (Å²) in [5.74, 6) is 0.479. The molecule has 1 saturated heterocycles. The van der Waals surface area contributed by atoms with Gasteiger partial charge in [0.1, 0.15) is 4.75 Å². The van der Waals surface area contributed by atoms with E-state index >= 15 is 0 Å². The molecule has 1 aromatic carbocycles. The Labute approximate surface area is 175 Å². The lowest BCUT2D eigenvalue weighted by molar-refractivity contribution is -0.118. The topological polar surface area (TPSA) is 113 Å². The maximum atomic E-state index is 12.8. The molecule has 2 aromatic rings. The van der Waals surface area contributed by atoms with E-state index in [1.165, 1.54) is 0 Å². The van der Waals surface area contributed by atoms with E-state index in [0.717, 1.165) is 13.0 Å². The molecular formula is C21H27N5O2S. The van der Waals surface area contributed by atoms with Crippen LogP contribution in [0.2, 0.25) is 0 Å². The number of carbonyl (C=O) groups excluding carboxylic acids is 1. The number of benzene rings is 1. The Kier molecular flexibility index (Phi) is 6.44. The number of rotatable bonds is 7. The summed E-state index contributed by atoms with van der Waals surface area (Å²) in [5, 5.41) is 14.8. The Bertz CT molecular complexity index is 892. The van der Waals surface area contributed by atoms with Crippen molar-refractivity contribution in [1.29, 1.82) is 5.41 Å². The molecular weight excluding hydrogens is 386 g/mol. The fraction of sp³-hybridized carbons (Fsp3) is 0.381. The standard InChI is InChI=1S/C21H27N5O2S/c1-13(2)28-18-7-4-14(11-25-18)19(23)16-10-15(5-6-17(16)22)26-20(27)21(29-3)8-9-24-12-21/h4-7,10-11,13,23-24H,8-9,12,22H2,1-3H3,(H,26,27)/t21-/m0/s1. The maximum Gasteiger partial charge on any atom is 0.241 e. The third kappa shape index (κ3) is 4.71. The van der Waals surface area contributed by atoms with Crippen LogP contribution in [0, 0.1) is 5.41 Å². The molecule has 1 amide bonds. The van der Waals surface area contributed by atoms with Gasteiger partial charge in [0.2, 0.25) is 11.8 Å². The van der Waals surface area contributed by atoms with E-state index in [1.54, 1.807) is 48.3 Å². The third-order valence-corrected chi connectivity index (χ3v) is 6.20. The van der Waals surface area contributed by atoms with Crippen molar-refractivity contribution in [2.24, 2.45) is 0 Å². The molecule has 1 atom stereocenters. The number of nitrogen functional groups attached to an aromatic ring is 1. The molecule has 1 aliphatic rings. The lowest BCUT2D eigenvalue weighted by atomic mass is 10.0. The first-order chi connectivity index (χ1) is 13.8. The van der Waals surface area contributed by atoms with Gasteiger partial charge >= 0.3 is 0 Å². The Hall–Kier alpha value is -2.58. The van der Waals surface area contributed by atoms with Crippen LogP contribution in [-0.2, 0) is 4.79 Å². The number of amides is 1. The van der Waals surface area contributed by atoms with E-state index in [2.05, 4.69) is 15.6 Å². The van der Waals surface area contributed by atoms with Gasteiger partial charge in [-0.25, -0.2) is 4.98 Å². The molecule has 1 aromatic heterocycles. The summed E-state index contributed by atoms with van der Waals surface area (Å²) in [4.78, 5) is 17.1. The van der Waals surface area contributed by atoms with Crippen molar-refractivity contribution >= 4 is 34.8 Å². The van der Waals surface area contributed by atoms with Crippen LogP contribution in [0.15, 0.2) is 36.5 Å². The Morgan fingerprint density at radius 2 is 2.17 bits per heavy atom. The molecule has 0 unspecified atom stereocenters. The smallest absolute Gasteiger partial charge is 0.241 e. The summed E-state index contributed by atoms with van der Waals surface area (Å²) in [6.07, 6.45) is 4.37. The van der Waals surface area contributed by atoms with Crippen molar-refractivity contribution < 1.29 is 9.53 Å². The van der Waals surface area contributed by atoms with Crippen LogP contribution in [0.4, 0.5) is 11.4 Å². The number of ether oxygens (including phenoxy) is 1. The first-order valence-corrected chi connectivity index (χ1v) is 10.8. The number of pyridine rings is 1. The van der Waals surface area contributed by atoms with Crippen LogP contribution < -0.4 is 21.1 Å². The lowest BCUT2D eigenvalue weighted by Crippen LogP contribution is -2.41. The molecule has 1 aliphatic heterocycles. The minimum atomic E-state index is -0.467. The Morgan fingerprint density at radius 1 is 1.38 bits per heavy atom. The van der Waals surface area contributed by atoms with E-state index in [4.69, 9.17) is 15.9 Å². The van der Waals surface area contributed by atoms with E-state index in [-0.39, 0.29) is 17.7 Å². The van der Waals surface area contributed by atoms with Gasteiger partial charge in [-0.15, -0.1) is 11.8 Å². The van der Waals surface area contributed by atoms with Gasteiger partial charge in [-0.1, -0.05) is 0 Å². The zero-order chi connectivity index (χ0) is 21.0. The van der Waals surface area contributed by atoms with Crippen LogP contribution in [0.5, 0.6) is 5.88 Å². The van der Waals surface area contributed by atoms with Gasteiger partial charge in [0.15, 0.2) is 0 Å². The molecule has 0 bridgehead atoms. The summed E-state index contributed by atoms with van der Waals surface area (Å²) in [6.45, 7) is 5.34. The number of hydrogen-bond acceptors (Lipinski definition) is 7. The van der Waals surface area contributed by atoms with Gasteiger partial charge in [-0.3, -0.25) is 10.2 Å². The zero-order valence-electron chi connectivity index (χ0n) is 16.9. The second-order valence-corrected chi connectivity index (χ2v) is 8.50.